The van der Waals surface area contributed by atoms with Gasteiger partial charge in [0.1, 0.15) is 5.52 Å². The molecule has 0 radical (unpaired) electrons. The SMILES string of the molecule is COC(=O)C1=C(C)NC(C)=C(C(=O)OC)C1c1csc2c([nH]c3ccccc32)c1=O. The standard InChI is InChI=1S/C22H20N2O5S/c1-10-15(21(26)28-3)17(16(11(2)23-10)22(27)29-4)13-9-30-20-12-7-5-6-8-14(12)24-18(20)19(13)25/h5-9,17,23-24H,1-4H3. The van der Waals surface area contributed by atoms with Gasteiger partial charge in [-0.2, -0.15) is 0 Å². The number of benzene rings is 1. The molecule has 1 aliphatic rings. The molecule has 4 rings (SSSR count). The molecule has 0 spiro atoms. The van der Waals surface area contributed by atoms with Crippen LogP contribution in [0.3, 0.4) is 0 Å². The summed E-state index contributed by atoms with van der Waals surface area (Å²) in [5.41, 5.74) is 2.82. The first kappa shape index (κ1) is 19.9. The van der Waals surface area contributed by atoms with Crippen LogP contribution < -0.4 is 10.7 Å². The number of H-pyrrole nitrogens is 1. The van der Waals surface area contributed by atoms with Gasteiger partial charge in [-0.15, -0.1) is 11.3 Å². The molecule has 3 heterocycles. The number of methoxy groups -OCH3 is 2. The Kier molecular flexibility index (Phi) is 4.95. The Morgan fingerprint density at radius 1 is 1.00 bits per heavy atom. The lowest BCUT2D eigenvalue weighted by Gasteiger charge is -2.29. The Bertz CT molecular complexity index is 1290. The minimum Gasteiger partial charge on any atom is -0.466 e. The Morgan fingerprint density at radius 2 is 1.60 bits per heavy atom. The zero-order valence-electron chi connectivity index (χ0n) is 16.9. The predicted molar refractivity (Wildman–Crippen MR) is 115 cm³/mol. The largest absolute Gasteiger partial charge is 0.466 e. The number of carbonyl (C=O) groups excluding carboxylic acids is 2. The molecule has 2 N–H and O–H groups in total. The molecule has 0 aliphatic carbocycles. The Balaban J connectivity index is 2.03. The molecule has 154 valence electrons. The summed E-state index contributed by atoms with van der Waals surface area (Å²) in [7, 11) is 2.54. The van der Waals surface area contributed by atoms with E-state index < -0.39 is 17.9 Å². The highest BCUT2D eigenvalue weighted by molar-refractivity contribution is 7.17. The van der Waals surface area contributed by atoms with E-state index in [-0.39, 0.29) is 16.6 Å². The van der Waals surface area contributed by atoms with Crippen molar-refractivity contribution in [1.82, 2.24) is 10.3 Å². The monoisotopic (exact) mass is 424 g/mol. The van der Waals surface area contributed by atoms with Crippen molar-refractivity contribution >= 4 is 44.4 Å². The first-order chi connectivity index (χ1) is 14.4. The molecule has 1 aliphatic heterocycles. The Hall–Kier alpha value is -3.39. The maximum atomic E-state index is 13.5. The molecule has 0 unspecified atom stereocenters. The van der Waals surface area contributed by atoms with Gasteiger partial charge >= 0.3 is 11.9 Å². The summed E-state index contributed by atoms with van der Waals surface area (Å²) in [5, 5.41) is 5.70. The number of carbonyl (C=O) groups is 2. The molecule has 8 heteroatoms. The average molecular weight is 424 g/mol. The highest BCUT2D eigenvalue weighted by atomic mass is 32.1. The first-order valence-electron chi connectivity index (χ1n) is 9.26. The van der Waals surface area contributed by atoms with Crippen LogP contribution in [0, 0.1) is 0 Å². The summed E-state index contributed by atoms with van der Waals surface area (Å²) in [6.45, 7) is 3.43. The third-order valence-electron chi connectivity index (χ3n) is 5.33. The number of ether oxygens (including phenoxy) is 2. The van der Waals surface area contributed by atoms with E-state index in [9.17, 15) is 14.4 Å². The number of rotatable bonds is 3. The van der Waals surface area contributed by atoms with Gasteiger partial charge in [0.2, 0.25) is 5.43 Å². The molecule has 0 bridgehead atoms. The van der Waals surface area contributed by atoms with Crippen molar-refractivity contribution in [3.8, 4) is 0 Å². The molecular weight excluding hydrogens is 404 g/mol. The second-order valence-corrected chi connectivity index (χ2v) is 7.89. The summed E-state index contributed by atoms with van der Waals surface area (Å²) in [6.07, 6.45) is 0. The predicted octanol–water partition coefficient (Wildman–Crippen LogP) is 3.32. The normalized spacial score (nSPS) is 14.9. The molecule has 3 aromatic rings. The van der Waals surface area contributed by atoms with Crippen LogP contribution in [0.2, 0.25) is 0 Å². The van der Waals surface area contributed by atoms with Crippen molar-refractivity contribution in [3.63, 3.8) is 0 Å². The maximum absolute atomic E-state index is 13.5. The van der Waals surface area contributed by atoms with E-state index in [2.05, 4.69) is 10.3 Å². The van der Waals surface area contributed by atoms with Crippen LogP contribution in [0.4, 0.5) is 0 Å². The number of hydrogen-bond donors (Lipinski definition) is 2. The van der Waals surface area contributed by atoms with Gasteiger partial charge in [-0.1, -0.05) is 18.2 Å². The number of fused-ring (bicyclic) bond motifs is 3. The van der Waals surface area contributed by atoms with Gasteiger partial charge in [-0.25, -0.2) is 9.59 Å². The zero-order chi connectivity index (χ0) is 21.6. The van der Waals surface area contributed by atoms with Crippen molar-refractivity contribution in [2.45, 2.75) is 19.8 Å². The maximum Gasteiger partial charge on any atom is 0.336 e. The first-order valence-corrected chi connectivity index (χ1v) is 10.1. The lowest BCUT2D eigenvalue weighted by Crippen LogP contribution is -2.34. The average Bonchev–Trinajstić information content (AvgIpc) is 3.12. The van der Waals surface area contributed by atoms with Crippen LogP contribution in [0.15, 0.2) is 57.0 Å². The Labute approximate surface area is 176 Å². The smallest absolute Gasteiger partial charge is 0.336 e. The van der Waals surface area contributed by atoms with Crippen molar-refractivity contribution in [2.24, 2.45) is 0 Å². The molecule has 0 saturated heterocycles. The fourth-order valence-corrected chi connectivity index (χ4v) is 5.04. The number of allylic oxidation sites excluding steroid dienone is 2. The topological polar surface area (TPSA) is 97.5 Å². The molecule has 0 saturated carbocycles. The second kappa shape index (κ2) is 7.46. The van der Waals surface area contributed by atoms with Crippen LogP contribution in [-0.2, 0) is 19.1 Å². The second-order valence-electron chi connectivity index (χ2n) is 7.01. The number of nitrogens with one attached hydrogen (secondary N) is 2. The minimum absolute atomic E-state index is 0.211. The molecule has 0 fully saturated rings. The molecular formula is C22H20N2O5S. The highest BCUT2D eigenvalue weighted by Gasteiger charge is 2.39. The van der Waals surface area contributed by atoms with Crippen molar-refractivity contribution < 1.29 is 19.1 Å². The van der Waals surface area contributed by atoms with Crippen LogP contribution in [0.5, 0.6) is 0 Å². The number of aromatic nitrogens is 1. The zero-order valence-corrected chi connectivity index (χ0v) is 17.7. The quantitative estimate of drug-likeness (QED) is 0.626. The highest BCUT2D eigenvalue weighted by Crippen LogP contribution is 2.39. The van der Waals surface area contributed by atoms with Crippen molar-refractivity contribution in [2.75, 3.05) is 14.2 Å². The minimum atomic E-state index is -0.897. The van der Waals surface area contributed by atoms with Gasteiger partial charge in [-0.05, 0) is 25.3 Å². The number of dihydropyridines is 1. The van der Waals surface area contributed by atoms with E-state index in [0.29, 0.717) is 22.5 Å². The molecule has 30 heavy (non-hydrogen) atoms. The number of aromatic amines is 1. The van der Waals surface area contributed by atoms with Crippen LogP contribution in [-0.4, -0.2) is 31.1 Å². The van der Waals surface area contributed by atoms with E-state index >= 15 is 0 Å². The molecule has 1 aromatic carbocycles. The summed E-state index contributed by atoms with van der Waals surface area (Å²) >= 11 is 1.39. The van der Waals surface area contributed by atoms with E-state index in [1.54, 1.807) is 19.2 Å². The van der Waals surface area contributed by atoms with Crippen molar-refractivity contribution in [3.05, 3.63) is 68.0 Å². The van der Waals surface area contributed by atoms with E-state index in [1.807, 2.05) is 24.3 Å². The molecule has 2 aromatic heterocycles. The Morgan fingerprint density at radius 3 is 2.20 bits per heavy atom. The number of para-hydroxylation sites is 1. The molecule has 7 nitrogen and oxygen atoms in total. The molecule has 0 amide bonds. The van der Waals surface area contributed by atoms with Gasteiger partial charge in [0, 0.05) is 27.9 Å². The van der Waals surface area contributed by atoms with Gasteiger partial charge in [0.15, 0.2) is 0 Å². The third-order valence-corrected chi connectivity index (χ3v) is 6.36. The third kappa shape index (κ3) is 2.91. The van der Waals surface area contributed by atoms with Crippen LogP contribution in [0.25, 0.3) is 21.1 Å². The van der Waals surface area contributed by atoms with Crippen molar-refractivity contribution in [1.29, 1.82) is 0 Å². The fraction of sp³-hybridized carbons (Fsp3) is 0.227. The molecule has 0 atom stereocenters. The summed E-state index contributed by atoms with van der Waals surface area (Å²) in [6, 6.07) is 7.65. The number of esters is 2. The van der Waals surface area contributed by atoms with E-state index in [1.165, 1.54) is 25.6 Å². The summed E-state index contributed by atoms with van der Waals surface area (Å²) in [5.74, 6) is -2.12. The van der Waals surface area contributed by atoms with Gasteiger partial charge in [0.25, 0.3) is 0 Å². The fourth-order valence-electron chi connectivity index (χ4n) is 3.98. The lowest BCUT2D eigenvalue weighted by atomic mass is 9.81. The van der Waals surface area contributed by atoms with E-state index in [4.69, 9.17) is 9.47 Å². The van der Waals surface area contributed by atoms with Gasteiger partial charge in [0.05, 0.1) is 36.0 Å². The lowest BCUT2D eigenvalue weighted by molar-refractivity contribution is -0.137. The number of hydrogen-bond acceptors (Lipinski definition) is 7. The summed E-state index contributed by atoms with van der Waals surface area (Å²) < 4.78 is 10.8. The summed E-state index contributed by atoms with van der Waals surface area (Å²) in [4.78, 5) is 42.0. The van der Waals surface area contributed by atoms with Gasteiger partial charge in [-0.3, -0.25) is 4.79 Å². The van der Waals surface area contributed by atoms with Crippen LogP contribution in [0.1, 0.15) is 25.3 Å². The van der Waals surface area contributed by atoms with Crippen LogP contribution >= 0.6 is 11.3 Å². The van der Waals surface area contributed by atoms with Gasteiger partial charge < -0.3 is 19.8 Å². The van der Waals surface area contributed by atoms with E-state index in [0.717, 1.165) is 15.6 Å².